The standard InChI is InChI=1S/C16H13FN4O4/c1-10(22)19(2)11-8-15(12-6-7-18-20(12)9-11)25-14-5-3-4-13(16(14)17)21(23)24/h3-9H,1-2H3. The molecule has 0 unspecified atom stereocenters. The number of carbonyl (C=O) groups excluding carboxylic acids is 1. The number of benzene rings is 1. The van der Waals surface area contributed by atoms with Gasteiger partial charge >= 0.3 is 5.69 Å². The van der Waals surface area contributed by atoms with E-state index in [9.17, 15) is 19.3 Å². The van der Waals surface area contributed by atoms with Gasteiger partial charge in [0.05, 0.1) is 23.0 Å². The lowest BCUT2D eigenvalue weighted by atomic mass is 10.2. The number of fused-ring (bicyclic) bond motifs is 1. The molecular formula is C16H13FN4O4. The molecule has 0 fully saturated rings. The second-order valence-electron chi connectivity index (χ2n) is 5.25. The molecule has 0 atom stereocenters. The van der Waals surface area contributed by atoms with Crippen LogP contribution in [-0.4, -0.2) is 27.5 Å². The van der Waals surface area contributed by atoms with E-state index in [1.54, 1.807) is 19.3 Å². The predicted octanol–water partition coefficient (Wildman–Crippen LogP) is 3.16. The third kappa shape index (κ3) is 2.99. The number of amides is 1. The van der Waals surface area contributed by atoms with Crippen molar-refractivity contribution in [3.63, 3.8) is 0 Å². The number of halogens is 1. The molecule has 0 bridgehead atoms. The van der Waals surface area contributed by atoms with Crippen molar-refractivity contribution in [1.29, 1.82) is 0 Å². The van der Waals surface area contributed by atoms with Gasteiger partial charge in [-0.25, -0.2) is 4.52 Å². The second kappa shape index (κ2) is 6.19. The topological polar surface area (TPSA) is 90.0 Å². The molecule has 0 aliphatic carbocycles. The first-order valence-electron chi connectivity index (χ1n) is 7.21. The van der Waals surface area contributed by atoms with E-state index in [-0.39, 0.29) is 17.4 Å². The van der Waals surface area contributed by atoms with Gasteiger partial charge in [-0.3, -0.25) is 14.9 Å². The van der Waals surface area contributed by atoms with Crippen molar-refractivity contribution in [2.24, 2.45) is 0 Å². The molecule has 0 spiro atoms. The average Bonchev–Trinajstić information content (AvgIpc) is 3.04. The molecule has 0 N–H and O–H groups in total. The number of pyridine rings is 1. The van der Waals surface area contributed by atoms with E-state index in [1.807, 2.05) is 0 Å². The third-order valence-electron chi connectivity index (χ3n) is 3.68. The third-order valence-corrected chi connectivity index (χ3v) is 3.68. The van der Waals surface area contributed by atoms with Gasteiger partial charge < -0.3 is 9.64 Å². The van der Waals surface area contributed by atoms with Gasteiger partial charge in [-0.2, -0.15) is 9.49 Å². The Bertz CT molecular complexity index is 985. The van der Waals surface area contributed by atoms with E-state index in [4.69, 9.17) is 4.74 Å². The maximum Gasteiger partial charge on any atom is 0.308 e. The summed E-state index contributed by atoms with van der Waals surface area (Å²) in [6, 6.07) is 6.85. The molecule has 3 rings (SSSR count). The lowest BCUT2D eigenvalue weighted by molar-refractivity contribution is -0.387. The fourth-order valence-corrected chi connectivity index (χ4v) is 2.27. The first kappa shape index (κ1) is 16.4. The minimum atomic E-state index is -1.07. The maximum atomic E-state index is 14.3. The van der Waals surface area contributed by atoms with Crippen LogP contribution in [-0.2, 0) is 4.79 Å². The van der Waals surface area contributed by atoms with Gasteiger partial charge in [0.25, 0.3) is 0 Å². The van der Waals surface area contributed by atoms with E-state index in [1.165, 1.54) is 40.7 Å². The van der Waals surface area contributed by atoms with E-state index < -0.39 is 16.4 Å². The Balaban J connectivity index is 2.10. The molecule has 128 valence electrons. The summed E-state index contributed by atoms with van der Waals surface area (Å²) < 4.78 is 21.3. The van der Waals surface area contributed by atoms with Gasteiger partial charge in [-0.05, 0) is 12.1 Å². The van der Waals surface area contributed by atoms with Crippen molar-refractivity contribution < 1.29 is 18.8 Å². The molecule has 3 aromatic rings. The number of hydrogen-bond donors (Lipinski definition) is 0. The summed E-state index contributed by atoms with van der Waals surface area (Å²) in [4.78, 5) is 23.0. The summed E-state index contributed by atoms with van der Waals surface area (Å²) >= 11 is 0. The molecule has 2 aromatic heterocycles. The molecule has 25 heavy (non-hydrogen) atoms. The van der Waals surface area contributed by atoms with Crippen molar-refractivity contribution >= 4 is 22.8 Å². The van der Waals surface area contributed by atoms with E-state index in [2.05, 4.69) is 5.10 Å². The van der Waals surface area contributed by atoms with Crippen LogP contribution in [0.5, 0.6) is 11.5 Å². The lowest BCUT2D eigenvalue weighted by Crippen LogP contribution is -2.23. The van der Waals surface area contributed by atoms with Crippen LogP contribution in [0.2, 0.25) is 0 Å². The quantitative estimate of drug-likeness (QED) is 0.536. The summed E-state index contributed by atoms with van der Waals surface area (Å²) in [5.74, 6) is -1.36. The molecule has 9 heteroatoms. The van der Waals surface area contributed by atoms with Crippen LogP contribution in [0, 0.1) is 15.9 Å². The number of aromatic nitrogens is 2. The molecule has 2 heterocycles. The minimum absolute atomic E-state index is 0.209. The maximum absolute atomic E-state index is 14.3. The zero-order valence-electron chi connectivity index (χ0n) is 13.3. The Kier molecular flexibility index (Phi) is 4.05. The molecule has 0 aliphatic heterocycles. The molecular weight excluding hydrogens is 331 g/mol. The van der Waals surface area contributed by atoms with Crippen molar-refractivity contribution in [2.45, 2.75) is 6.92 Å². The Morgan fingerprint density at radius 1 is 1.36 bits per heavy atom. The van der Waals surface area contributed by atoms with Crippen LogP contribution in [0.25, 0.3) is 5.52 Å². The van der Waals surface area contributed by atoms with Crippen LogP contribution in [0.4, 0.5) is 15.8 Å². The zero-order valence-corrected chi connectivity index (χ0v) is 13.3. The molecule has 0 saturated heterocycles. The molecule has 0 aliphatic rings. The highest BCUT2D eigenvalue weighted by atomic mass is 19.1. The van der Waals surface area contributed by atoms with Crippen LogP contribution < -0.4 is 9.64 Å². The van der Waals surface area contributed by atoms with E-state index in [0.717, 1.165) is 6.07 Å². The fraction of sp³-hybridized carbons (Fsp3) is 0.125. The highest BCUT2D eigenvalue weighted by molar-refractivity contribution is 5.91. The van der Waals surface area contributed by atoms with Gasteiger partial charge in [0.1, 0.15) is 5.52 Å². The fourth-order valence-electron chi connectivity index (χ4n) is 2.27. The Hall–Kier alpha value is -3.49. The number of ether oxygens (including phenoxy) is 1. The van der Waals surface area contributed by atoms with Crippen LogP contribution >= 0.6 is 0 Å². The summed E-state index contributed by atoms with van der Waals surface area (Å²) in [6.45, 7) is 1.40. The number of hydrogen-bond acceptors (Lipinski definition) is 5. The second-order valence-corrected chi connectivity index (χ2v) is 5.25. The van der Waals surface area contributed by atoms with E-state index >= 15 is 0 Å². The van der Waals surface area contributed by atoms with Gasteiger partial charge in [-0.15, -0.1) is 0 Å². The Morgan fingerprint density at radius 3 is 2.80 bits per heavy atom. The summed E-state index contributed by atoms with van der Waals surface area (Å²) in [5, 5.41) is 15.0. The number of nitro benzene ring substituents is 1. The number of rotatable bonds is 4. The average molecular weight is 344 g/mol. The summed E-state index contributed by atoms with van der Waals surface area (Å²) in [5.41, 5.74) is 0.315. The molecule has 8 nitrogen and oxygen atoms in total. The predicted molar refractivity (Wildman–Crippen MR) is 87.4 cm³/mol. The van der Waals surface area contributed by atoms with Crippen molar-refractivity contribution in [2.75, 3.05) is 11.9 Å². The number of nitro groups is 1. The van der Waals surface area contributed by atoms with Crippen molar-refractivity contribution in [3.8, 4) is 11.5 Å². The monoisotopic (exact) mass is 344 g/mol. The van der Waals surface area contributed by atoms with Crippen LogP contribution in [0.15, 0.2) is 42.7 Å². The number of anilines is 1. The number of nitrogens with zero attached hydrogens (tertiary/aromatic N) is 4. The SMILES string of the molecule is CC(=O)N(C)c1cc(Oc2cccc([N+](=O)[O-])c2F)c2ccnn2c1. The van der Waals surface area contributed by atoms with Gasteiger partial charge in [0.2, 0.25) is 11.7 Å². The van der Waals surface area contributed by atoms with E-state index in [0.29, 0.717) is 11.2 Å². The van der Waals surface area contributed by atoms with Gasteiger partial charge in [-0.1, -0.05) is 6.07 Å². The Labute approximate surface area is 141 Å². The van der Waals surface area contributed by atoms with Gasteiger partial charge in [0, 0.05) is 26.1 Å². The molecule has 0 saturated carbocycles. The highest BCUT2D eigenvalue weighted by Crippen LogP contribution is 2.34. The first-order chi connectivity index (χ1) is 11.9. The van der Waals surface area contributed by atoms with Crippen molar-refractivity contribution in [3.05, 3.63) is 58.7 Å². The largest absolute Gasteiger partial charge is 0.452 e. The molecule has 0 radical (unpaired) electrons. The van der Waals surface area contributed by atoms with Crippen LogP contribution in [0.1, 0.15) is 6.92 Å². The smallest absolute Gasteiger partial charge is 0.308 e. The minimum Gasteiger partial charge on any atom is -0.452 e. The van der Waals surface area contributed by atoms with Crippen LogP contribution in [0.3, 0.4) is 0 Å². The normalized spacial score (nSPS) is 10.7. The number of carbonyl (C=O) groups is 1. The highest BCUT2D eigenvalue weighted by Gasteiger charge is 2.20. The zero-order chi connectivity index (χ0) is 18.1. The van der Waals surface area contributed by atoms with Crippen molar-refractivity contribution in [1.82, 2.24) is 9.61 Å². The molecule has 1 amide bonds. The Morgan fingerprint density at radius 2 is 2.12 bits per heavy atom. The summed E-state index contributed by atoms with van der Waals surface area (Å²) in [6.07, 6.45) is 3.14. The first-order valence-corrected chi connectivity index (χ1v) is 7.21. The van der Waals surface area contributed by atoms with Gasteiger partial charge in [0.15, 0.2) is 11.5 Å². The summed E-state index contributed by atoms with van der Waals surface area (Å²) in [7, 11) is 1.57. The molecule has 1 aromatic carbocycles. The lowest BCUT2D eigenvalue weighted by Gasteiger charge is -2.17.